The number of rotatable bonds is 3. The molecule has 0 aliphatic carbocycles. The molecule has 0 unspecified atom stereocenters. The first kappa shape index (κ1) is 14.5. The van der Waals surface area contributed by atoms with Gasteiger partial charge in [0.25, 0.3) is 0 Å². The molecule has 1 aliphatic heterocycles. The Morgan fingerprint density at radius 3 is 2.53 bits per heavy atom. The van der Waals surface area contributed by atoms with Gasteiger partial charge in [0.05, 0.1) is 6.54 Å². The van der Waals surface area contributed by atoms with Gasteiger partial charge in [0.15, 0.2) is 0 Å². The van der Waals surface area contributed by atoms with Crippen LogP contribution in [0.1, 0.15) is 40.0 Å². The zero-order valence-corrected chi connectivity index (χ0v) is 12.1. The van der Waals surface area contributed by atoms with Gasteiger partial charge in [-0.05, 0) is 44.7 Å². The zero-order chi connectivity index (χ0) is 13.1. The van der Waals surface area contributed by atoms with Crippen molar-refractivity contribution in [3.63, 3.8) is 0 Å². The zero-order valence-electron chi connectivity index (χ0n) is 12.1. The Labute approximate surface area is 106 Å². The Hall–Kier alpha value is -0.570. The Balaban J connectivity index is 2.46. The summed E-state index contributed by atoms with van der Waals surface area (Å²) < 4.78 is 0. The van der Waals surface area contributed by atoms with Crippen molar-refractivity contribution in [1.29, 1.82) is 0 Å². The van der Waals surface area contributed by atoms with E-state index in [-0.39, 0.29) is 5.91 Å². The van der Waals surface area contributed by atoms with Crippen molar-refractivity contribution >= 4 is 5.91 Å². The van der Waals surface area contributed by atoms with Gasteiger partial charge >= 0.3 is 0 Å². The van der Waals surface area contributed by atoms with Gasteiger partial charge in [-0.1, -0.05) is 20.8 Å². The van der Waals surface area contributed by atoms with Gasteiger partial charge in [-0.2, -0.15) is 0 Å². The molecule has 0 saturated carbocycles. The lowest BCUT2D eigenvalue weighted by Crippen LogP contribution is -2.44. The Morgan fingerprint density at radius 2 is 2.00 bits per heavy atom. The summed E-state index contributed by atoms with van der Waals surface area (Å²) in [5.74, 6) is 0.975. The van der Waals surface area contributed by atoms with Crippen LogP contribution in [0.4, 0.5) is 0 Å². The Kier molecular flexibility index (Phi) is 4.99. The highest BCUT2D eigenvalue weighted by Gasteiger charge is 2.26. The van der Waals surface area contributed by atoms with Crippen molar-refractivity contribution in [2.75, 3.05) is 33.7 Å². The maximum atomic E-state index is 12.0. The topological polar surface area (TPSA) is 23.6 Å². The molecule has 3 heteroatoms. The second kappa shape index (κ2) is 5.85. The fourth-order valence-corrected chi connectivity index (χ4v) is 2.69. The van der Waals surface area contributed by atoms with E-state index in [4.69, 9.17) is 0 Å². The number of amides is 1. The average molecular weight is 240 g/mol. The maximum Gasteiger partial charge on any atom is 0.236 e. The summed E-state index contributed by atoms with van der Waals surface area (Å²) in [5, 5.41) is 0. The van der Waals surface area contributed by atoms with Gasteiger partial charge in [0, 0.05) is 13.1 Å². The monoisotopic (exact) mass is 240 g/mol. The van der Waals surface area contributed by atoms with E-state index in [1.807, 2.05) is 19.0 Å². The third kappa shape index (κ3) is 5.53. The number of carbonyl (C=O) groups excluding carboxylic acids is 1. The molecule has 1 fully saturated rings. The molecule has 1 atom stereocenters. The van der Waals surface area contributed by atoms with Crippen LogP contribution in [-0.4, -0.2) is 49.4 Å². The van der Waals surface area contributed by atoms with Crippen LogP contribution in [0.3, 0.4) is 0 Å². The number of hydrogen-bond acceptors (Lipinski definition) is 2. The molecule has 3 nitrogen and oxygen atoms in total. The van der Waals surface area contributed by atoms with Crippen molar-refractivity contribution in [3.8, 4) is 0 Å². The molecular weight excluding hydrogens is 212 g/mol. The normalized spacial score (nSPS) is 22.0. The minimum absolute atomic E-state index is 0.286. The molecule has 0 radical (unpaired) electrons. The predicted molar refractivity (Wildman–Crippen MR) is 71.9 cm³/mol. The first-order valence-corrected chi connectivity index (χ1v) is 6.70. The van der Waals surface area contributed by atoms with E-state index in [9.17, 15) is 4.79 Å². The molecule has 0 aromatic carbocycles. The molecule has 1 heterocycles. The van der Waals surface area contributed by atoms with E-state index in [1.165, 1.54) is 19.3 Å². The number of nitrogens with zero attached hydrogens (tertiary/aromatic N) is 2. The van der Waals surface area contributed by atoms with Crippen molar-refractivity contribution < 1.29 is 4.79 Å². The Bertz CT molecular complexity index is 255. The highest BCUT2D eigenvalue weighted by Crippen LogP contribution is 2.30. The predicted octanol–water partition coefficient (Wildman–Crippen LogP) is 2.22. The lowest BCUT2D eigenvalue weighted by molar-refractivity contribution is -0.133. The van der Waals surface area contributed by atoms with Crippen LogP contribution < -0.4 is 0 Å². The minimum Gasteiger partial charge on any atom is -0.341 e. The molecule has 17 heavy (non-hydrogen) atoms. The number of piperidine rings is 1. The van der Waals surface area contributed by atoms with Crippen LogP contribution in [0.2, 0.25) is 0 Å². The maximum absolute atomic E-state index is 12.0. The third-order valence-electron chi connectivity index (χ3n) is 3.22. The van der Waals surface area contributed by atoms with Crippen LogP contribution >= 0.6 is 0 Å². The molecule has 0 N–H and O–H groups in total. The van der Waals surface area contributed by atoms with E-state index in [0.29, 0.717) is 17.9 Å². The largest absolute Gasteiger partial charge is 0.341 e. The Morgan fingerprint density at radius 1 is 1.35 bits per heavy atom. The van der Waals surface area contributed by atoms with Gasteiger partial charge in [0.2, 0.25) is 5.91 Å². The van der Waals surface area contributed by atoms with Crippen LogP contribution in [0.25, 0.3) is 0 Å². The second-order valence-corrected chi connectivity index (χ2v) is 6.85. The first-order valence-electron chi connectivity index (χ1n) is 6.70. The first-order chi connectivity index (χ1) is 7.78. The molecule has 0 aromatic heterocycles. The van der Waals surface area contributed by atoms with Crippen LogP contribution in [0, 0.1) is 11.3 Å². The lowest BCUT2D eigenvalue weighted by atomic mass is 9.81. The molecule has 1 rings (SSSR count). The number of hydrogen-bond donors (Lipinski definition) is 0. The standard InChI is InChI=1S/C14H28N2O/c1-14(2,3)9-12-7-6-8-16(10-12)13(17)11-15(4)5/h12H,6-11H2,1-5H3/t12-/m1/s1. The summed E-state index contributed by atoms with van der Waals surface area (Å²) in [6.07, 6.45) is 3.67. The SMILES string of the molecule is CN(C)CC(=O)N1CCC[C@H](CC(C)(C)C)C1. The van der Waals surface area contributed by atoms with Gasteiger partial charge in [-0.15, -0.1) is 0 Å². The van der Waals surface area contributed by atoms with Crippen molar-refractivity contribution in [2.45, 2.75) is 40.0 Å². The fourth-order valence-electron chi connectivity index (χ4n) is 2.69. The summed E-state index contributed by atoms with van der Waals surface area (Å²) in [6.45, 7) is 9.31. The third-order valence-corrected chi connectivity index (χ3v) is 3.22. The van der Waals surface area contributed by atoms with Gasteiger partial charge in [-0.25, -0.2) is 0 Å². The van der Waals surface area contributed by atoms with Gasteiger partial charge in [-0.3, -0.25) is 4.79 Å². The smallest absolute Gasteiger partial charge is 0.236 e. The number of carbonyl (C=O) groups is 1. The highest BCUT2D eigenvalue weighted by molar-refractivity contribution is 5.78. The van der Waals surface area contributed by atoms with E-state index in [2.05, 4.69) is 25.7 Å². The van der Waals surface area contributed by atoms with Crippen LogP contribution in [0.5, 0.6) is 0 Å². The average Bonchev–Trinajstić information content (AvgIpc) is 2.14. The van der Waals surface area contributed by atoms with E-state index in [1.54, 1.807) is 0 Å². The van der Waals surface area contributed by atoms with Crippen LogP contribution in [0.15, 0.2) is 0 Å². The summed E-state index contributed by atoms with van der Waals surface area (Å²) in [7, 11) is 3.91. The van der Waals surface area contributed by atoms with Crippen LogP contribution in [-0.2, 0) is 4.79 Å². The molecule has 100 valence electrons. The molecular formula is C14H28N2O. The molecule has 0 aromatic rings. The molecule has 1 amide bonds. The van der Waals surface area contributed by atoms with Gasteiger partial charge in [0.1, 0.15) is 0 Å². The highest BCUT2D eigenvalue weighted by atomic mass is 16.2. The van der Waals surface area contributed by atoms with E-state index in [0.717, 1.165) is 13.1 Å². The lowest BCUT2D eigenvalue weighted by Gasteiger charge is -2.36. The number of likely N-dealkylation sites (N-methyl/N-ethyl adjacent to an activating group) is 1. The van der Waals surface area contributed by atoms with Crippen molar-refractivity contribution in [1.82, 2.24) is 9.80 Å². The molecule has 1 aliphatic rings. The summed E-state index contributed by atoms with van der Waals surface area (Å²) in [4.78, 5) is 16.0. The summed E-state index contributed by atoms with van der Waals surface area (Å²) in [5.41, 5.74) is 0.373. The minimum atomic E-state index is 0.286. The van der Waals surface area contributed by atoms with Crippen molar-refractivity contribution in [2.24, 2.45) is 11.3 Å². The van der Waals surface area contributed by atoms with E-state index >= 15 is 0 Å². The quantitative estimate of drug-likeness (QED) is 0.755. The molecule has 1 saturated heterocycles. The molecule has 0 bridgehead atoms. The van der Waals surface area contributed by atoms with Gasteiger partial charge < -0.3 is 9.80 Å². The molecule has 0 spiro atoms. The fraction of sp³-hybridized carbons (Fsp3) is 0.929. The second-order valence-electron chi connectivity index (χ2n) is 6.85. The number of likely N-dealkylation sites (tertiary alicyclic amines) is 1. The summed E-state index contributed by atoms with van der Waals surface area (Å²) >= 11 is 0. The van der Waals surface area contributed by atoms with Crippen molar-refractivity contribution in [3.05, 3.63) is 0 Å². The van der Waals surface area contributed by atoms with E-state index < -0.39 is 0 Å². The summed E-state index contributed by atoms with van der Waals surface area (Å²) in [6, 6.07) is 0.